The third-order valence-electron chi connectivity index (χ3n) is 3.44. The Kier molecular flexibility index (Phi) is 4.14. The predicted molar refractivity (Wildman–Crippen MR) is 71.5 cm³/mol. The summed E-state index contributed by atoms with van der Waals surface area (Å²) in [7, 11) is -3.11. The molecule has 1 aromatic carbocycles. The molecular weight excluding hydrogens is 305 g/mol. The Bertz CT molecular complexity index is 678. The van der Waals surface area contributed by atoms with E-state index in [0.29, 0.717) is 18.5 Å². The maximum Gasteiger partial charge on any atom is 0.417 e. The van der Waals surface area contributed by atoms with Crippen molar-refractivity contribution in [3.63, 3.8) is 0 Å². The Labute approximate surface area is 120 Å². The van der Waals surface area contributed by atoms with Crippen molar-refractivity contribution in [2.24, 2.45) is 0 Å². The molecule has 0 aliphatic carbocycles. The number of rotatable bonds is 3. The minimum Gasteiger partial charge on any atom is -0.384 e. The van der Waals surface area contributed by atoms with Crippen LogP contribution in [0.25, 0.3) is 0 Å². The molecular formula is C13H13F3N2O2S. The SMILES string of the molecule is N#Cc1cc(NCC2CCCS2(=O)=O)ccc1C(F)(F)F. The van der Waals surface area contributed by atoms with E-state index in [1.54, 1.807) is 0 Å². The first-order valence-electron chi connectivity index (χ1n) is 6.31. The number of halogens is 3. The summed E-state index contributed by atoms with van der Waals surface area (Å²) in [5.74, 6) is 0.149. The molecule has 114 valence electrons. The highest BCUT2D eigenvalue weighted by Crippen LogP contribution is 2.33. The van der Waals surface area contributed by atoms with Gasteiger partial charge in [-0.2, -0.15) is 18.4 Å². The molecule has 0 spiro atoms. The lowest BCUT2D eigenvalue weighted by atomic mass is 10.1. The van der Waals surface area contributed by atoms with Crippen molar-refractivity contribution in [1.29, 1.82) is 5.26 Å². The Balaban J connectivity index is 2.14. The zero-order valence-electron chi connectivity index (χ0n) is 10.9. The number of hydrogen-bond donors (Lipinski definition) is 1. The summed E-state index contributed by atoms with van der Waals surface area (Å²) in [5, 5.41) is 11.1. The second-order valence-corrected chi connectivity index (χ2v) is 7.28. The number of nitrogens with one attached hydrogen (secondary N) is 1. The lowest BCUT2D eigenvalue weighted by Crippen LogP contribution is -2.25. The highest BCUT2D eigenvalue weighted by Gasteiger charge is 2.34. The lowest BCUT2D eigenvalue weighted by molar-refractivity contribution is -0.137. The van der Waals surface area contributed by atoms with E-state index in [4.69, 9.17) is 5.26 Å². The first-order valence-corrected chi connectivity index (χ1v) is 8.02. The normalized spacial score (nSPS) is 21.0. The van der Waals surface area contributed by atoms with Crippen LogP contribution in [0, 0.1) is 11.3 Å². The van der Waals surface area contributed by atoms with Crippen LogP contribution < -0.4 is 5.32 Å². The molecule has 1 atom stereocenters. The largest absolute Gasteiger partial charge is 0.417 e. The highest BCUT2D eigenvalue weighted by atomic mass is 32.2. The summed E-state index contributed by atoms with van der Waals surface area (Å²) in [6.07, 6.45) is -3.44. The maximum atomic E-state index is 12.6. The Hall–Kier alpha value is -1.75. The number of sulfone groups is 1. The number of hydrogen-bond acceptors (Lipinski definition) is 4. The van der Waals surface area contributed by atoms with Crippen LogP contribution in [0.2, 0.25) is 0 Å². The Morgan fingerprint density at radius 2 is 2.10 bits per heavy atom. The monoisotopic (exact) mass is 318 g/mol. The molecule has 4 nitrogen and oxygen atoms in total. The number of benzene rings is 1. The van der Waals surface area contributed by atoms with Gasteiger partial charge in [0.2, 0.25) is 0 Å². The molecule has 8 heteroatoms. The van der Waals surface area contributed by atoms with Crippen LogP contribution in [0.3, 0.4) is 0 Å². The van der Waals surface area contributed by atoms with Crippen molar-refractivity contribution in [2.75, 3.05) is 17.6 Å². The number of anilines is 1. The van der Waals surface area contributed by atoms with E-state index in [1.807, 2.05) is 0 Å². The van der Waals surface area contributed by atoms with Crippen molar-refractivity contribution in [1.82, 2.24) is 0 Å². The topological polar surface area (TPSA) is 70.0 Å². The standard InChI is InChI=1S/C13H13F3N2O2S/c14-13(15,16)12-4-3-10(6-9(12)7-17)18-8-11-2-1-5-21(11,19)20/h3-4,6,11,18H,1-2,5,8H2. The quantitative estimate of drug-likeness (QED) is 0.930. The molecule has 2 rings (SSSR count). The number of nitriles is 1. The van der Waals surface area contributed by atoms with Crippen molar-refractivity contribution >= 4 is 15.5 Å². The number of nitrogens with zero attached hydrogens (tertiary/aromatic N) is 1. The molecule has 1 N–H and O–H groups in total. The van der Waals surface area contributed by atoms with Crippen molar-refractivity contribution in [3.8, 4) is 6.07 Å². The number of alkyl halides is 3. The van der Waals surface area contributed by atoms with E-state index in [2.05, 4.69) is 5.32 Å². The van der Waals surface area contributed by atoms with Gasteiger partial charge in [-0.3, -0.25) is 0 Å². The van der Waals surface area contributed by atoms with Gasteiger partial charge in [0, 0.05) is 12.2 Å². The smallest absolute Gasteiger partial charge is 0.384 e. The summed E-state index contributed by atoms with van der Waals surface area (Å²) in [5.41, 5.74) is -1.17. The summed E-state index contributed by atoms with van der Waals surface area (Å²) in [6.45, 7) is 0.137. The van der Waals surface area contributed by atoms with Crippen molar-refractivity contribution < 1.29 is 21.6 Å². The van der Waals surface area contributed by atoms with E-state index in [1.165, 1.54) is 12.1 Å². The van der Waals surface area contributed by atoms with Crippen LogP contribution in [0.15, 0.2) is 18.2 Å². The van der Waals surface area contributed by atoms with Gasteiger partial charge in [0.25, 0.3) is 0 Å². The summed E-state index contributed by atoms with van der Waals surface area (Å²) >= 11 is 0. The minimum absolute atomic E-state index is 0.137. The van der Waals surface area contributed by atoms with Crippen molar-refractivity contribution in [3.05, 3.63) is 29.3 Å². The van der Waals surface area contributed by atoms with Crippen molar-refractivity contribution in [2.45, 2.75) is 24.3 Å². The molecule has 1 unspecified atom stereocenters. The predicted octanol–water partition coefficient (Wildman–Crippen LogP) is 2.57. The molecule has 1 aliphatic heterocycles. The summed E-state index contributed by atoms with van der Waals surface area (Å²) < 4.78 is 61.2. The molecule has 1 aliphatic rings. The van der Waals surface area contributed by atoms with Gasteiger partial charge in [-0.15, -0.1) is 0 Å². The van der Waals surface area contributed by atoms with Gasteiger partial charge in [0.1, 0.15) is 0 Å². The van der Waals surface area contributed by atoms with Gasteiger partial charge in [-0.25, -0.2) is 8.42 Å². The lowest BCUT2D eigenvalue weighted by Gasteiger charge is -2.14. The van der Waals surface area contributed by atoms with Gasteiger partial charge in [-0.05, 0) is 31.0 Å². The van der Waals surface area contributed by atoms with Crippen LogP contribution in [0.5, 0.6) is 0 Å². The second-order valence-electron chi connectivity index (χ2n) is 4.88. The van der Waals surface area contributed by atoms with Crippen LogP contribution in [-0.4, -0.2) is 26.0 Å². The minimum atomic E-state index is -4.58. The van der Waals surface area contributed by atoms with E-state index in [-0.39, 0.29) is 12.3 Å². The fourth-order valence-corrected chi connectivity index (χ4v) is 4.08. The summed E-state index contributed by atoms with van der Waals surface area (Å²) in [4.78, 5) is 0. The second kappa shape index (κ2) is 5.56. The first-order chi connectivity index (χ1) is 9.74. The molecule has 0 amide bonds. The highest BCUT2D eigenvalue weighted by molar-refractivity contribution is 7.92. The van der Waals surface area contributed by atoms with Gasteiger partial charge < -0.3 is 5.32 Å². The third-order valence-corrected chi connectivity index (χ3v) is 5.72. The molecule has 21 heavy (non-hydrogen) atoms. The van der Waals surface area contributed by atoms with E-state index in [0.717, 1.165) is 12.1 Å². The average molecular weight is 318 g/mol. The zero-order chi connectivity index (χ0) is 15.7. The van der Waals surface area contributed by atoms with E-state index < -0.39 is 32.4 Å². The molecule has 0 saturated carbocycles. The van der Waals surface area contributed by atoms with Crippen LogP contribution in [-0.2, 0) is 16.0 Å². The fourth-order valence-electron chi connectivity index (χ4n) is 2.31. The summed E-state index contributed by atoms with van der Waals surface area (Å²) in [6, 6.07) is 4.62. The molecule has 0 radical (unpaired) electrons. The third kappa shape index (κ3) is 3.47. The van der Waals surface area contributed by atoms with Crippen LogP contribution in [0.1, 0.15) is 24.0 Å². The molecule has 1 saturated heterocycles. The Morgan fingerprint density at radius 3 is 2.62 bits per heavy atom. The van der Waals surface area contributed by atoms with Crippen LogP contribution >= 0.6 is 0 Å². The average Bonchev–Trinajstić information content (AvgIpc) is 2.73. The fraction of sp³-hybridized carbons (Fsp3) is 0.462. The molecule has 1 aromatic rings. The van der Waals surface area contributed by atoms with Crippen LogP contribution in [0.4, 0.5) is 18.9 Å². The Morgan fingerprint density at radius 1 is 1.38 bits per heavy atom. The van der Waals surface area contributed by atoms with Gasteiger partial charge in [-0.1, -0.05) is 0 Å². The van der Waals surface area contributed by atoms with E-state index >= 15 is 0 Å². The van der Waals surface area contributed by atoms with Gasteiger partial charge in [0.05, 0.1) is 28.2 Å². The van der Waals surface area contributed by atoms with E-state index in [9.17, 15) is 21.6 Å². The maximum absolute atomic E-state index is 12.6. The molecule has 0 bridgehead atoms. The van der Waals surface area contributed by atoms with Gasteiger partial charge in [0.15, 0.2) is 9.84 Å². The van der Waals surface area contributed by atoms with Gasteiger partial charge >= 0.3 is 6.18 Å². The molecule has 1 fully saturated rings. The zero-order valence-corrected chi connectivity index (χ0v) is 11.8. The molecule has 1 heterocycles. The first kappa shape index (κ1) is 15.6. The molecule has 0 aromatic heterocycles.